The molecule has 0 saturated carbocycles. The first kappa shape index (κ1) is 14.0. The maximum Gasteiger partial charge on any atom is 0.223 e. The van der Waals surface area contributed by atoms with E-state index < -0.39 is 0 Å². The van der Waals surface area contributed by atoms with Crippen molar-refractivity contribution in [2.45, 2.75) is 32.7 Å². The molecule has 1 heterocycles. The fraction of sp³-hybridized carbons (Fsp3) is 0.833. The van der Waals surface area contributed by atoms with Crippen molar-refractivity contribution in [3.8, 4) is 0 Å². The van der Waals surface area contributed by atoms with Crippen molar-refractivity contribution in [3.63, 3.8) is 0 Å². The summed E-state index contributed by atoms with van der Waals surface area (Å²) in [7, 11) is 0. The molecule has 0 aliphatic carbocycles. The molecule has 1 rings (SSSR count). The van der Waals surface area contributed by atoms with Crippen LogP contribution >= 0.6 is 0 Å². The monoisotopic (exact) mass is 241 g/mol. The molecule has 0 atom stereocenters. The van der Waals surface area contributed by atoms with Crippen LogP contribution in [0.5, 0.6) is 0 Å². The first-order valence-corrected chi connectivity index (χ1v) is 6.14. The molecule has 0 unspecified atom stereocenters. The number of nitrogens with one attached hydrogen (secondary N) is 1. The maximum absolute atomic E-state index is 11.9. The molecule has 1 N–H and O–H groups in total. The fourth-order valence-electron chi connectivity index (χ4n) is 1.78. The number of amides is 2. The lowest BCUT2D eigenvalue weighted by Crippen LogP contribution is -2.49. The van der Waals surface area contributed by atoms with Gasteiger partial charge in [0.1, 0.15) is 0 Å². The molecule has 5 nitrogen and oxygen atoms in total. The molecule has 17 heavy (non-hydrogen) atoms. The SMILES string of the molecule is CC(C)(C)NCCC(=O)N1CCN(C=O)CC1. The lowest BCUT2D eigenvalue weighted by atomic mass is 10.1. The zero-order chi connectivity index (χ0) is 12.9. The van der Waals surface area contributed by atoms with Crippen LogP contribution in [0.1, 0.15) is 27.2 Å². The van der Waals surface area contributed by atoms with E-state index in [2.05, 4.69) is 26.1 Å². The lowest BCUT2D eigenvalue weighted by Gasteiger charge is -2.33. The second-order valence-electron chi connectivity index (χ2n) is 5.45. The molecule has 1 fully saturated rings. The zero-order valence-corrected chi connectivity index (χ0v) is 11.0. The third kappa shape index (κ3) is 5.17. The second kappa shape index (κ2) is 6.00. The highest BCUT2D eigenvalue weighted by Crippen LogP contribution is 2.03. The van der Waals surface area contributed by atoms with Gasteiger partial charge in [0.2, 0.25) is 12.3 Å². The Morgan fingerprint density at radius 3 is 2.29 bits per heavy atom. The van der Waals surface area contributed by atoms with Gasteiger partial charge in [-0.15, -0.1) is 0 Å². The predicted molar refractivity (Wildman–Crippen MR) is 66.6 cm³/mol. The highest BCUT2D eigenvalue weighted by molar-refractivity contribution is 5.76. The number of nitrogens with zero attached hydrogens (tertiary/aromatic N) is 2. The maximum atomic E-state index is 11.9. The van der Waals surface area contributed by atoms with Crippen molar-refractivity contribution >= 4 is 12.3 Å². The van der Waals surface area contributed by atoms with Crippen LogP contribution in [0, 0.1) is 0 Å². The summed E-state index contributed by atoms with van der Waals surface area (Å²) >= 11 is 0. The summed E-state index contributed by atoms with van der Waals surface area (Å²) in [6.45, 7) is 9.58. The topological polar surface area (TPSA) is 52.7 Å². The van der Waals surface area contributed by atoms with Gasteiger partial charge in [0, 0.05) is 44.7 Å². The minimum atomic E-state index is 0.0521. The van der Waals surface area contributed by atoms with Gasteiger partial charge in [0.05, 0.1) is 0 Å². The minimum absolute atomic E-state index is 0.0521. The quantitative estimate of drug-likeness (QED) is 0.708. The van der Waals surface area contributed by atoms with Crippen LogP contribution < -0.4 is 5.32 Å². The normalized spacial score (nSPS) is 17.1. The Morgan fingerprint density at radius 1 is 1.24 bits per heavy atom. The number of hydrogen-bond acceptors (Lipinski definition) is 3. The van der Waals surface area contributed by atoms with Crippen molar-refractivity contribution in [3.05, 3.63) is 0 Å². The van der Waals surface area contributed by atoms with Gasteiger partial charge in [-0.3, -0.25) is 9.59 Å². The van der Waals surface area contributed by atoms with Crippen LogP contribution in [0.25, 0.3) is 0 Å². The largest absolute Gasteiger partial charge is 0.342 e. The van der Waals surface area contributed by atoms with E-state index in [4.69, 9.17) is 0 Å². The molecule has 5 heteroatoms. The number of hydrogen-bond donors (Lipinski definition) is 1. The molecule has 1 saturated heterocycles. The summed E-state index contributed by atoms with van der Waals surface area (Å²) in [6, 6.07) is 0. The molecule has 0 spiro atoms. The Balaban J connectivity index is 2.23. The average molecular weight is 241 g/mol. The van der Waals surface area contributed by atoms with Crippen LogP contribution in [-0.4, -0.2) is 60.4 Å². The minimum Gasteiger partial charge on any atom is -0.342 e. The molecule has 0 aromatic heterocycles. The van der Waals surface area contributed by atoms with Crippen LogP contribution in [0.15, 0.2) is 0 Å². The van der Waals surface area contributed by atoms with Gasteiger partial charge in [-0.1, -0.05) is 0 Å². The van der Waals surface area contributed by atoms with Gasteiger partial charge in [-0.05, 0) is 20.8 Å². The van der Waals surface area contributed by atoms with Gasteiger partial charge in [0.25, 0.3) is 0 Å². The van der Waals surface area contributed by atoms with E-state index in [1.807, 2.05) is 4.90 Å². The summed E-state index contributed by atoms with van der Waals surface area (Å²) in [5, 5.41) is 3.30. The predicted octanol–water partition coefficient (Wildman–Crippen LogP) is 0.0652. The van der Waals surface area contributed by atoms with E-state index in [1.54, 1.807) is 4.90 Å². The first-order valence-electron chi connectivity index (χ1n) is 6.14. The molecule has 0 aromatic carbocycles. The van der Waals surface area contributed by atoms with Crippen molar-refractivity contribution < 1.29 is 9.59 Å². The first-order chi connectivity index (χ1) is 7.92. The Kier molecular flexibility index (Phi) is 4.93. The van der Waals surface area contributed by atoms with Gasteiger partial charge in [-0.2, -0.15) is 0 Å². The molecule has 1 aliphatic heterocycles. The smallest absolute Gasteiger partial charge is 0.223 e. The highest BCUT2D eigenvalue weighted by Gasteiger charge is 2.20. The van der Waals surface area contributed by atoms with E-state index in [0.717, 1.165) is 6.41 Å². The number of carbonyl (C=O) groups is 2. The molecular weight excluding hydrogens is 218 g/mol. The zero-order valence-electron chi connectivity index (χ0n) is 11.0. The van der Waals surface area contributed by atoms with Crippen molar-refractivity contribution in [2.75, 3.05) is 32.7 Å². The fourth-order valence-corrected chi connectivity index (χ4v) is 1.78. The Hall–Kier alpha value is -1.10. The number of piperazine rings is 1. The summed E-state index contributed by atoms with van der Waals surface area (Å²) in [5.74, 6) is 0.173. The third-order valence-corrected chi connectivity index (χ3v) is 2.81. The van der Waals surface area contributed by atoms with E-state index in [1.165, 1.54) is 0 Å². The van der Waals surface area contributed by atoms with Gasteiger partial charge in [0.15, 0.2) is 0 Å². The molecule has 0 radical (unpaired) electrons. The van der Waals surface area contributed by atoms with Gasteiger partial charge >= 0.3 is 0 Å². The lowest BCUT2D eigenvalue weighted by molar-refractivity contribution is -0.135. The summed E-state index contributed by atoms with van der Waals surface area (Å²) in [5.41, 5.74) is 0.0521. The van der Waals surface area contributed by atoms with E-state index in [-0.39, 0.29) is 11.4 Å². The van der Waals surface area contributed by atoms with Crippen LogP contribution in [0.2, 0.25) is 0 Å². The number of rotatable bonds is 4. The summed E-state index contributed by atoms with van der Waals surface area (Å²) in [6.07, 6.45) is 1.38. The molecule has 98 valence electrons. The van der Waals surface area contributed by atoms with Crippen molar-refractivity contribution in [2.24, 2.45) is 0 Å². The van der Waals surface area contributed by atoms with E-state index in [0.29, 0.717) is 39.1 Å². The van der Waals surface area contributed by atoms with Gasteiger partial charge in [-0.25, -0.2) is 0 Å². The Bertz CT molecular complexity index is 265. The number of carbonyl (C=O) groups excluding carboxylic acids is 2. The van der Waals surface area contributed by atoms with Crippen LogP contribution in [0.3, 0.4) is 0 Å². The van der Waals surface area contributed by atoms with Gasteiger partial charge < -0.3 is 15.1 Å². The Morgan fingerprint density at radius 2 is 1.82 bits per heavy atom. The van der Waals surface area contributed by atoms with E-state index >= 15 is 0 Å². The standard InChI is InChI=1S/C12H23N3O2/c1-12(2,3)13-5-4-11(17)15-8-6-14(10-16)7-9-15/h10,13H,4-9H2,1-3H3. The molecule has 0 bridgehead atoms. The molecule has 0 aromatic rings. The van der Waals surface area contributed by atoms with Crippen molar-refractivity contribution in [1.82, 2.24) is 15.1 Å². The second-order valence-corrected chi connectivity index (χ2v) is 5.45. The molecular formula is C12H23N3O2. The Labute approximate surface area is 103 Å². The summed E-state index contributed by atoms with van der Waals surface area (Å²) in [4.78, 5) is 25.9. The van der Waals surface area contributed by atoms with Crippen molar-refractivity contribution in [1.29, 1.82) is 0 Å². The van der Waals surface area contributed by atoms with Crippen LogP contribution in [0.4, 0.5) is 0 Å². The molecule has 1 aliphatic rings. The highest BCUT2D eigenvalue weighted by atomic mass is 16.2. The summed E-state index contributed by atoms with van der Waals surface area (Å²) < 4.78 is 0. The third-order valence-electron chi connectivity index (χ3n) is 2.81. The van der Waals surface area contributed by atoms with E-state index in [9.17, 15) is 9.59 Å². The van der Waals surface area contributed by atoms with Crippen LogP contribution in [-0.2, 0) is 9.59 Å². The molecule has 2 amide bonds. The average Bonchev–Trinajstić information content (AvgIpc) is 2.27.